The van der Waals surface area contributed by atoms with Crippen LogP contribution >= 0.6 is 11.6 Å². The molecular weight excluding hydrogens is 386 g/mol. The molecule has 29 heavy (non-hydrogen) atoms. The molecule has 0 fully saturated rings. The third-order valence-corrected chi connectivity index (χ3v) is 5.54. The lowest BCUT2D eigenvalue weighted by Crippen LogP contribution is -2.27. The second kappa shape index (κ2) is 16.4. The van der Waals surface area contributed by atoms with Crippen molar-refractivity contribution in [2.45, 2.75) is 90.1 Å². The Balaban J connectivity index is 2.21. The summed E-state index contributed by atoms with van der Waals surface area (Å²) in [6, 6.07) is 0. The average molecular weight is 424 g/mol. The molecule has 1 unspecified atom stereocenters. The molecule has 1 rings (SSSR count). The summed E-state index contributed by atoms with van der Waals surface area (Å²) in [7, 11) is 1.77. The molecule has 5 heteroatoms. The van der Waals surface area contributed by atoms with E-state index in [0.717, 1.165) is 25.7 Å². The zero-order chi connectivity index (χ0) is 21.3. The number of carbonyl (C=O) groups is 2. The van der Waals surface area contributed by atoms with Gasteiger partial charge < -0.3 is 10.1 Å². The van der Waals surface area contributed by atoms with Crippen molar-refractivity contribution in [1.29, 1.82) is 0 Å². The van der Waals surface area contributed by atoms with Crippen molar-refractivity contribution in [3.05, 3.63) is 34.9 Å². The molecule has 1 atom stereocenters. The first-order valence-corrected chi connectivity index (χ1v) is 11.5. The Morgan fingerprint density at radius 1 is 1.28 bits per heavy atom. The molecule has 0 saturated heterocycles. The van der Waals surface area contributed by atoms with Crippen LogP contribution in [0.1, 0.15) is 84.0 Å². The smallest absolute Gasteiger partial charge is 0.220 e. The number of unbranched alkanes of at least 4 members (excludes halogenated alkanes) is 4. The molecule has 1 amide bonds. The number of rotatable bonds is 15. The Hall–Kier alpha value is -1.39. The van der Waals surface area contributed by atoms with Gasteiger partial charge in [0.1, 0.15) is 0 Å². The molecule has 1 aliphatic rings. The van der Waals surface area contributed by atoms with E-state index < -0.39 is 0 Å². The van der Waals surface area contributed by atoms with E-state index in [9.17, 15) is 9.59 Å². The number of amides is 1. The van der Waals surface area contributed by atoms with Crippen molar-refractivity contribution in [3.63, 3.8) is 0 Å². The molecule has 1 aliphatic carbocycles. The van der Waals surface area contributed by atoms with Crippen LogP contribution in [0.5, 0.6) is 0 Å². The van der Waals surface area contributed by atoms with Crippen molar-refractivity contribution >= 4 is 23.3 Å². The lowest BCUT2D eigenvalue weighted by Gasteiger charge is -2.15. The second-order valence-electron chi connectivity index (χ2n) is 7.65. The van der Waals surface area contributed by atoms with E-state index in [2.05, 4.69) is 18.3 Å². The number of allylic oxidation sites excluding steroid dienone is 2. The maximum Gasteiger partial charge on any atom is 0.220 e. The highest BCUT2D eigenvalue weighted by atomic mass is 35.5. The Morgan fingerprint density at radius 3 is 2.76 bits per heavy atom. The minimum atomic E-state index is -0.0336. The van der Waals surface area contributed by atoms with Gasteiger partial charge in [-0.1, -0.05) is 68.9 Å². The van der Waals surface area contributed by atoms with Gasteiger partial charge in [0.25, 0.3) is 0 Å². The maximum atomic E-state index is 12.1. The van der Waals surface area contributed by atoms with Gasteiger partial charge in [-0.25, -0.2) is 0 Å². The Bertz CT molecular complexity index is 581. The molecule has 4 nitrogen and oxygen atoms in total. The van der Waals surface area contributed by atoms with Gasteiger partial charge in [0.15, 0.2) is 5.78 Å². The van der Waals surface area contributed by atoms with Gasteiger partial charge in [-0.2, -0.15) is 0 Å². The highest BCUT2D eigenvalue weighted by molar-refractivity contribution is 6.26. The van der Waals surface area contributed by atoms with E-state index in [4.69, 9.17) is 16.3 Å². The van der Waals surface area contributed by atoms with Crippen LogP contribution in [0, 0.1) is 0 Å². The van der Waals surface area contributed by atoms with Crippen LogP contribution in [-0.2, 0) is 14.3 Å². The number of methoxy groups -OCH3 is 1. The summed E-state index contributed by atoms with van der Waals surface area (Å²) in [5, 5.41) is 2.86. The van der Waals surface area contributed by atoms with Crippen molar-refractivity contribution in [3.8, 4) is 0 Å². The van der Waals surface area contributed by atoms with E-state index in [1.807, 2.05) is 12.2 Å². The number of halogens is 1. The fraction of sp³-hybridized carbons (Fsp3) is 0.667. The van der Waals surface area contributed by atoms with Crippen LogP contribution in [-0.4, -0.2) is 31.4 Å². The van der Waals surface area contributed by atoms with Crippen LogP contribution in [0.2, 0.25) is 0 Å². The molecule has 0 aliphatic heterocycles. The van der Waals surface area contributed by atoms with E-state index in [-0.39, 0.29) is 17.8 Å². The zero-order valence-corrected chi connectivity index (χ0v) is 18.9. The molecular formula is C24H38ClNO3. The SMILES string of the molecule is CCCCCCCC(C/C=C/CCC(=O)NCC(=CCl)C1=CCCCC1=O)OC. The lowest BCUT2D eigenvalue weighted by atomic mass is 9.93. The average Bonchev–Trinajstić information content (AvgIpc) is 2.73. The number of Topliss-reactive ketones (excluding diaryl/α,β-unsaturated/α-hetero) is 1. The molecule has 0 heterocycles. The maximum absolute atomic E-state index is 12.1. The predicted molar refractivity (Wildman–Crippen MR) is 121 cm³/mol. The fourth-order valence-electron chi connectivity index (χ4n) is 3.43. The number of hydrogen-bond donors (Lipinski definition) is 1. The van der Waals surface area contributed by atoms with Gasteiger partial charge in [-0.15, -0.1) is 0 Å². The van der Waals surface area contributed by atoms with Gasteiger partial charge in [0.2, 0.25) is 5.91 Å². The first-order chi connectivity index (χ1) is 14.1. The van der Waals surface area contributed by atoms with Crippen LogP contribution in [0.4, 0.5) is 0 Å². The van der Waals surface area contributed by atoms with E-state index >= 15 is 0 Å². The van der Waals surface area contributed by atoms with Gasteiger partial charge in [0.05, 0.1) is 6.10 Å². The van der Waals surface area contributed by atoms with Gasteiger partial charge in [0, 0.05) is 37.6 Å². The van der Waals surface area contributed by atoms with Crippen LogP contribution in [0.3, 0.4) is 0 Å². The summed E-state index contributed by atoms with van der Waals surface area (Å²) >= 11 is 5.87. The van der Waals surface area contributed by atoms with Crippen molar-refractivity contribution in [1.82, 2.24) is 5.32 Å². The number of ether oxygens (including phenoxy) is 1. The largest absolute Gasteiger partial charge is 0.381 e. The first kappa shape index (κ1) is 25.6. The monoisotopic (exact) mass is 423 g/mol. The molecule has 1 N–H and O–H groups in total. The Morgan fingerprint density at radius 2 is 2.07 bits per heavy atom. The predicted octanol–water partition coefficient (Wildman–Crippen LogP) is 6.01. The molecule has 0 bridgehead atoms. The summed E-state index contributed by atoms with van der Waals surface area (Å²) < 4.78 is 5.55. The van der Waals surface area contributed by atoms with Crippen LogP contribution in [0.25, 0.3) is 0 Å². The minimum Gasteiger partial charge on any atom is -0.381 e. The summed E-state index contributed by atoms with van der Waals surface area (Å²) in [5.41, 5.74) is 2.76. The first-order valence-electron chi connectivity index (χ1n) is 11.1. The highest BCUT2D eigenvalue weighted by Crippen LogP contribution is 2.21. The molecule has 0 spiro atoms. The van der Waals surface area contributed by atoms with E-state index in [1.165, 1.54) is 37.6 Å². The lowest BCUT2D eigenvalue weighted by molar-refractivity contribution is -0.121. The van der Waals surface area contributed by atoms with E-state index in [0.29, 0.717) is 37.0 Å². The number of nitrogens with one attached hydrogen (secondary N) is 1. The molecule has 0 aromatic rings. The van der Waals surface area contributed by atoms with Gasteiger partial charge >= 0.3 is 0 Å². The molecule has 0 aromatic heterocycles. The van der Waals surface area contributed by atoms with Crippen LogP contribution in [0.15, 0.2) is 34.9 Å². The summed E-state index contributed by atoms with van der Waals surface area (Å²) in [5.74, 6) is 0.0760. The standard InChI is InChI=1S/C24H38ClNO3/c1-3-4-5-6-8-13-21(29-2)14-9-7-10-17-24(28)26-19-20(18-25)22-15-11-12-16-23(22)27/h7,9,15,18,21H,3-6,8,10-14,16-17,19H2,1-2H3,(H,26,28)/b9-7+,20-18?. The highest BCUT2D eigenvalue weighted by Gasteiger charge is 2.17. The minimum absolute atomic E-state index is 0.0336. The summed E-state index contributed by atoms with van der Waals surface area (Å²) in [6.45, 7) is 2.53. The quantitative estimate of drug-likeness (QED) is 0.259. The summed E-state index contributed by atoms with van der Waals surface area (Å²) in [4.78, 5) is 24.0. The Kier molecular flexibility index (Phi) is 14.5. The van der Waals surface area contributed by atoms with Crippen molar-refractivity contribution < 1.29 is 14.3 Å². The summed E-state index contributed by atoms with van der Waals surface area (Å²) in [6.07, 6.45) is 18.2. The Labute approximate surface area is 181 Å². The normalized spacial score (nSPS) is 16.2. The van der Waals surface area contributed by atoms with Crippen molar-refractivity contribution in [2.24, 2.45) is 0 Å². The number of carbonyl (C=O) groups excluding carboxylic acids is 2. The van der Waals surface area contributed by atoms with Crippen molar-refractivity contribution in [2.75, 3.05) is 13.7 Å². The molecule has 0 saturated carbocycles. The van der Waals surface area contributed by atoms with Gasteiger partial charge in [-0.05, 0) is 37.7 Å². The fourth-order valence-corrected chi connectivity index (χ4v) is 3.62. The zero-order valence-electron chi connectivity index (χ0n) is 18.2. The van der Waals surface area contributed by atoms with Gasteiger partial charge in [-0.3, -0.25) is 9.59 Å². The third-order valence-electron chi connectivity index (χ3n) is 5.28. The molecule has 0 radical (unpaired) electrons. The van der Waals surface area contributed by atoms with Crippen LogP contribution < -0.4 is 5.32 Å². The topological polar surface area (TPSA) is 55.4 Å². The second-order valence-corrected chi connectivity index (χ2v) is 7.87. The third kappa shape index (κ3) is 11.4. The molecule has 0 aromatic carbocycles. The molecule has 164 valence electrons. The number of hydrogen-bond acceptors (Lipinski definition) is 3. The number of ketones is 1. The van der Waals surface area contributed by atoms with E-state index in [1.54, 1.807) is 7.11 Å².